The van der Waals surface area contributed by atoms with Crippen LogP contribution in [0.2, 0.25) is 0 Å². The van der Waals surface area contributed by atoms with Gasteiger partial charge in [-0.2, -0.15) is 0 Å². The van der Waals surface area contributed by atoms with Crippen molar-refractivity contribution in [3.63, 3.8) is 0 Å². The molecule has 12 amide bonds. The Morgan fingerprint density at radius 1 is 0.811 bits per heavy atom. The lowest BCUT2D eigenvalue weighted by Gasteiger charge is -2.41. The van der Waals surface area contributed by atoms with Crippen molar-refractivity contribution in [2.45, 2.75) is 242 Å². The Bertz CT molecular complexity index is 3480. The molecule has 39 heteroatoms. The van der Waals surface area contributed by atoms with E-state index in [0.717, 1.165) is 63.8 Å². The van der Waals surface area contributed by atoms with Gasteiger partial charge in [0.1, 0.15) is 96.7 Å². The number of cyclic esters (lactones) is 1. The topological polar surface area (TPSA) is 576 Å². The Morgan fingerprint density at radius 3 is 1.98 bits per heavy atom. The number of hydrogen-bond acceptors (Lipinski definition) is 26. The van der Waals surface area contributed by atoms with E-state index in [4.69, 9.17) is 46.8 Å². The van der Waals surface area contributed by atoms with Crippen LogP contribution in [0.3, 0.4) is 0 Å². The molecule has 1 aromatic carbocycles. The fraction of sp³-hybridized carbons (Fsp3) is 0.681. The van der Waals surface area contributed by atoms with Crippen LogP contribution in [-0.4, -0.2) is 296 Å². The molecule has 38 nitrogen and oxygen atoms in total. The molecule has 3 heterocycles. The van der Waals surface area contributed by atoms with Crippen LogP contribution in [0.25, 0.3) is 0 Å². The van der Waals surface area contributed by atoms with Gasteiger partial charge in [-0.15, -0.1) is 11.6 Å². The number of esters is 1. The zero-order valence-electron chi connectivity index (χ0n) is 65.3. The Balaban J connectivity index is 1.84. The van der Waals surface area contributed by atoms with Crippen molar-refractivity contribution < 1.29 is 122 Å². The molecule has 4 rings (SSSR count). The number of methoxy groups -OCH3 is 2. The summed E-state index contributed by atoms with van der Waals surface area (Å²) in [6.07, 6.45) is -10.9. The number of amides is 12. The number of rotatable bonds is 29. The average Bonchev–Trinajstić information content (AvgIpc) is 0.788. The Labute approximate surface area is 649 Å². The van der Waals surface area contributed by atoms with Crippen molar-refractivity contribution in [3.05, 3.63) is 53.6 Å². The van der Waals surface area contributed by atoms with E-state index in [9.17, 15) is 78.9 Å². The van der Waals surface area contributed by atoms with Crippen LogP contribution in [0.15, 0.2) is 48.1 Å². The fourth-order valence-corrected chi connectivity index (χ4v) is 12.6. The second-order valence-corrected chi connectivity index (χ2v) is 29.7. The number of nitrogens with one attached hydrogen (secondary N) is 9. The molecule has 111 heavy (non-hydrogen) atoms. The number of allylic oxidation sites excluding steroid dienone is 3. The molecule has 3 fully saturated rings. The first-order chi connectivity index (χ1) is 51.8. The lowest BCUT2D eigenvalue weighted by atomic mass is 9.87. The van der Waals surface area contributed by atoms with Gasteiger partial charge in [-0.1, -0.05) is 83.9 Å². The maximum absolute atomic E-state index is 15.7. The highest BCUT2D eigenvalue weighted by molar-refractivity contribution is 6.21. The van der Waals surface area contributed by atoms with E-state index in [1.165, 1.54) is 84.9 Å². The van der Waals surface area contributed by atoms with Gasteiger partial charge in [0, 0.05) is 45.1 Å². The van der Waals surface area contributed by atoms with E-state index in [0.29, 0.717) is 0 Å². The highest BCUT2D eigenvalue weighted by atomic mass is 35.5. The number of piperidine rings is 1. The number of aliphatic hydroxyl groups excluding tert-OH is 6. The van der Waals surface area contributed by atoms with Crippen LogP contribution in [0.4, 0.5) is 0 Å². The van der Waals surface area contributed by atoms with Crippen LogP contribution >= 0.6 is 11.6 Å². The van der Waals surface area contributed by atoms with Gasteiger partial charge in [0.25, 0.3) is 5.91 Å². The molecule has 0 spiro atoms. The number of ether oxygens (including phenoxy) is 5. The van der Waals surface area contributed by atoms with E-state index in [-0.39, 0.29) is 36.6 Å². The largest absolute Gasteiger partial charge is 0.462 e. The highest BCUT2D eigenvalue weighted by Gasteiger charge is 2.49. The second-order valence-electron chi connectivity index (χ2n) is 29.1. The van der Waals surface area contributed by atoms with Gasteiger partial charge in [-0.05, 0) is 96.8 Å². The maximum Gasteiger partial charge on any atom is 0.329 e. The number of halogens is 1. The summed E-state index contributed by atoms with van der Waals surface area (Å²) in [5.41, 5.74) is 10.4. The monoisotopic (exact) mass is 1600 g/mol. The number of aliphatic hydroxyl groups is 7. The molecular formula is C72H114ClN13O25. The first kappa shape index (κ1) is 94.8. The van der Waals surface area contributed by atoms with E-state index in [1.54, 1.807) is 6.92 Å². The van der Waals surface area contributed by atoms with Crippen LogP contribution in [0.1, 0.15) is 121 Å². The van der Waals surface area contributed by atoms with E-state index in [1.807, 2.05) is 19.9 Å². The van der Waals surface area contributed by atoms with Gasteiger partial charge >= 0.3 is 5.97 Å². The van der Waals surface area contributed by atoms with Crippen molar-refractivity contribution in [3.8, 4) is 5.75 Å². The first-order valence-electron chi connectivity index (χ1n) is 36.5. The van der Waals surface area contributed by atoms with Gasteiger partial charge in [-0.3, -0.25) is 57.5 Å². The summed E-state index contributed by atoms with van der Waals surface area (Å²) in [6, 6.07) is -12.7. The van der Waals surface area contributed by atoms with Crippen molar-refractivity contribution in [2.75, 3.05) is 47.5 Å². The van der Waals surface area contributed by atoms with Crippen LogP contribution < -0.4 is 64.1 Å². The predicted octanol–water partition coefficient (Wildman–Crippen LogP) is -5.59. The van der Waals surface area contributed by atoms with E-state index >= 15 is 19.2 Å². The van der Waals surface area contributed by atoms with E-state index < -0.39 is 247 Å². The summed E-state index contributed by atoms with van der Waals surface area (Å²) in [5.74, 6) is -18.7. The number of hydrogen-bond donors (Lipinski definition) is 18. The van der Waals surface area contributed by atoms with Gasteiger partial charge < -0.3 is 129 Å². The quantitative estimate of drug-likeness (QED) is 0.0202. The number of carbonyl (C=O) groups excluding carboxylic acids is 13. The molecule has 3 aliphatic rings. The Kier molecular flexibility index (Phi) is 36.7. The zero-order chi connectivity index (χ0) is 84.1. The summed E-state index contributed by atoms with van der Waals surface area (Å²) in [6.45, 7) is 15.5. The smallest absolute Gasteiger partial charge is 0.329 e. The number of fused-ring (bicyclic) bond motifs is 1. The number of alkyl halides is 1. The van der Waals surface area contributed by atoms with Gasteiger partial charge in [0.05, 0.1) is 38.0 Å². The normalized spacial score (nSPS) is 28.1. The van der Waals surface area contributed by atoms with Crippen molar-refractivity contribution >= 4 is 88.5 Å². The minimum atomic E-state index is -2.48. The molecule has 20 N–H and O–H groups in total. The minimum absolute atomic E-state index is 0.00839. The third kappa shape index (κ3) is 26.0. The average molecular weight is 1600 g/mol. The first-order valence-corrected chi connectivity index (χ1v) is 36.9. The van der Waals surface area contributed by atoms with Crippen molar-refractivity contribution in [1.82, 2.24) is 57.7 Å². The standard InChI is InChI=1S/C72H114ClN13O25/c1-17-32(4)26-33(5)18-23-46(89)72(13,106)71(105)77-29-48(91)80-51(38(10)87)64(99)82-50(36(8)74)63(98)81-49(34(6)35(7)60(75)95)62(97)83-52-58(31(2)3)111-69(104)45-27-42(73)24-25-86(45)68(103)53(59(108-16)41-19-21-43(22-20-41)110-70-57(94)56(93)55(92)40(12)109-70)84-66(101)54(39(11)88)85(14)67(102)37(9)78-47(90)28-76-61(96)44(30-107-15)79-65(52)100/h18-23,26,31-32,34-40,42,44-46,49-59,70,87-89,92-94,106H,17,24-25,27-30,74H2,1-16H3,(H2,75,95)(H,76,96)(H,77,105)(H,78,90)(H,79,100)(H,80,91)(H,81,98)(H,82,99)(H,83,97)(H,84,101)/b23-18-,33-26+/t32?,34-,35+,36+,37-,38+,39+,40-,42-,44+,45-,46?,49-,50-,51-,52+,53+,54-,55-,56+,57+,58+,59+,70?,72?/m0/s1. The van der Waals surface area contributed by atoms with E-state index in [2.05, 4.69) is 47.9 Å². The number of primary amides is 1. The molecule has 624 valence electrons. The fourth-order valence-electron chi connectivity index (χ4n) is 12.4. The summed E-state index contributed by atoms with van der Waals surface area (Å²) >= 11 is 6.81. The van der Waals surface area contributed by atoms with Gasteiger partial charge in [-0.25, -0.2) is 4.79 Å². The molecule has 4 unspecified atom stereocenters. The number of benzene rings is 1. The Hall–Kier alpha value is -8.54. The molecule has 1 aromatic rings. The molecule has 0 bridgehead atoms. The van der Waals surface area contributed by atoms with Crippen LogP contribution in [0, 0.1) is 23.7 Å². The molecular weight excluding hydrogens is 1480 g/mol. The molecule has 0 saturated carbocycles. The van der Waals surface area contributed by atoms with Crippen molar-refractivity contribution in [2.24, 2.45) is 35.1 Å². The van der Waals surface area contributed by atoms with Gasteiger partial charge in [0.15, 0.2) is 5.60 Å². The maximum atomic E-state index is 15.7. The van der Waals surface area contributed by atoms with Crippen LogP contribution in [0.5, 0.6) is 5.75 Å². The third-order valence-corrected chi connectivity index (χ3v) is 20.0. The lowest BCUT2D eigenvalue weighted by molar-refractivity contribution is -0.268. The molecule has 0 radical (unpaired) electrons. The van der Waals surface area contributed by atoms with Crippen LogP contribution in [-0.2, 0) is 81.3 Å². The summed E-state index contributed by atoms with van der Waals surface area (Å²) < 4.78 is 28.9. The molecule has 25 atom stereocenters. The number of nitrogens with two attached hydrogens (primary N) is 2. The second kappa shape index (κ2) is 42.9. The summed E-state index contributed by atoms with van der Waals surface area (Å²) in [7, 11) is 3.43. The SMILES string of the molecule is CCC(C)/C=C(C)/C=C\C(O)C(C)(O)C(=O)NCC(=O)N[C@H](C(=O)N[C@H](C(=O)N[C@H](C(=O)N[C@H]1C(=O)N[C@H](COC)C(=O)NCC(=O)N[C@@H](C)C(=O)N(C)[C@@H]([C@@H](C)O)C(=O)N[C@H]([C@H](OC)c2ccc(OC3O[C@@H](C)[C@H](O)[C@@H](O)[C@H]3O)cc2)C(=O)N2CC[C@H](Cl)C[C@H]2C(=O)O[C@@H]1C(C)C)[C@@H](C)[C@@H](C)C(N)=O)[C@@H](C)N)[C@@H](C)O. The molecule has 3 aliphatic heterocycles. The Morgan fingerprint density at radius 2 is 1.42 bits per heavy atom. The lowest BCUT2D eigenvalue weighted by Crippen LogP contribution is -2.66. The minimum Gasteiger partial charge on any atom is -0.462 e. The summed E-state index contributed by atoms with van der Waals surface area (Å²) in [5, 5.41) is 95.7. The predicted molar refractivity (Wildman–Crippen MR) is 395 cm³/mol. The number of carbonyl (C=O) groups is 13. The molecule has 3 saturated heterocycles. The highest BCUT2D eigenvalue weighted by Crippen LogP contribution is 2.32. The summed E-state index contributed by atoms with van der Waals surface area (Å²) in [4.78, 5) is 189. The number of likely N-dealkylation sites (N-methyl/N-ethyl adjacent to an activating group) is 1. The zero-order valence-corrected chi connectivity index (χ0v) is 66.1. The number of nitrogens with zero attached hydrogens (tertiary/aromatic N) is 2. The molecule has 0 aliphatic carbocycles. The van der Waals surface area contributed by atoms with Gasteiger partial charge in [0.2, 0.25) is 71.3 Å². The third-order valence-electron chi connectivity index (χ3n) is 19.6. The molecule has 0 aromatic heterocycles. The van der Waals surface area contributed by atoms with Crippen molar-refractivity contribution in [1.29, 1.82) is 0 Å².